The summed E-state index contributed by atoms with van der Waals surface area (Å²) < 4.78 is 5.89. The summed E-state index contributed by atoms with van der Waals surface area (Å²) in [5, 5.41) is 9.01. The molecule has 1 aliphatic heterocycles. The molecule has 0 amide bonds. The molecule has 28 heavy (non-hydrogen) atoms. The third-order valence-electron chi connectivity index (χ3n) is 3.91. The van der Waals surface area contributed by atoms with Crippen molar-refractivity contribution in [3.8, 4) is 17.1 Å². The molecule has 7 nitrogen and oxygen atoms in total. The zero-order valence-electron chi connectivity index (χ0n) is 15.6. The van der Waals surface area contributed by atoms with E-state index in [4.69, 9.17) is 4.74 Å². The van der Waals surface area contributed by atoms with Gasteiger partial charge in [-0.1, -0.05) is 19.2 Å². The zero-order valence-corrected chi connectivity index (χ0v) is 16.4. The summed E-state index contributed by atoms with van der Waals surface area (Å²) in [5.41, 5.74) is 1.75. The van der Waals surface area contributed by atoms with Gasteiger partial charge in [-0.25, -0.2) is 9.97 Å². The molecular formula is C20H21N5O2S. The van der Waals surface area contributed by atoms with Gasteiger partial charge in [0.1, 0.15) is 5.76 Å². The van der Waals surface area contributed by atoms with E-state index in [1.807, 2.05) is 11.4 Å². The lowest BCUT2D eigenvalue weighted by atomic mass is 10.1. The Labute approximate surface area is 167 Å². The molecular weight excluding hydrogens is 374 g/mol. The number of carbonyl (C=O) groups excluding carboxylic acids is 1. The SMILES string of the molecule is C=C/C(Oc1ncccc1-c1csc(NC2=NCCCN2)n1)=C(\C=C)C(C)=O. The smallest absolute Gasteiger partial charge is 0.228 e. The highest BCUT2D eigenvalue weighted by Gasteiger charge is 2.16. The average molecular weight is 395 g/mol. The molecule has 2 N–H and O–H groups in total. The first kappa shape index (κ1) is 19.5. The van der Waals surface area contributed by atoms with Gasteiger partial charge in [-0.2, -0.15) is 0 Å². The molecule has 144 valence electrons. The minimum atomic E-state index is -0.164. The number of nitrogens with one attached hydrogen (secondary N) is 2. The van der Waals surface area contributed by atoms with Crippen molar-refractivity contribution >= 4 is 28.2 Å². The third-order valence-corrected chi connectivity index (χ3v) is 4.67. The number of anilines is 1. The summed E-state index contributed by atoms with van der Waals surface area (Å²) in [6.45, 7) is 10.5. The number of rotatable bonds is 7. The fourth-order valence-electron chi connectivity index (χ4n) is 2.57. The number of aromatic nitrogens is 2. The third kappa shape index (κ3) is 4.52. The number of aliphatic imine (C=N–C) groups is 1. The number of ketones is 1. The molecule has 0 unspecified atom stereocenters. The van der Waals surface area contributed by atoms with E-state index in [2.05, 4.69) is 38.8 Å². The summed E-state index contributed by atoms with van der Waals surface area (Å²) in [4.78, 5) is 25.1. The number of guanidine groups is 1. The predicted octanol–water partition coefficient (Wildman–Crippen LogP) is 3.56. The van der Waals surface area contributed by atoms with Crippen molar-refractivity contribution in [2.75, 3.05) is 18.4 Å². The fraction of sp³-hybridized carbons (Fsp3) is 0.200. The van der Waals surface area contributed by atoms with E-state index >= 15 is 0 Å². The van der Waals surface area contributed by atoms with E-state index < -0.39 is 0 Å². The molecule has 3 heterocycles. The number of allylic oxidation sites excluding steroid dienone is 3. The van der Waals surface area contributed by atoms with Crippen LogP contribution in [0.15, 0.2) is 65.3 Å². The van der Waals surface area contributed by atoms with Crippen molar-refractivity contribution in [1.29, 1.82) is 0 Å². The van der Waals surface area contributed by atoms with Crippen LogP contribution in [-0.4, -0.2) is 34.8 Å². The first-order valence-electron chi connectivity index (χ1n) is 8.76. The Balaban J connectivity index is 1.88. The van der Waals surface area contributed by atoms with E-state index in [0.717, 1.165) is 25.5 Å². The van der Waals surface area contributed by atoms with E-state index in [1.54, 1.807) is 12.3 Å². The van der Waals surface area contributed by atoms with Crippen LogP contribution in [0.4, 0.5) is 5.13 Å². The van der Waals surface area contributed by atoms with Gasteiger partial charge in [0.25, 0.3) is 0 Å². The standard InChI is InChI=1S/C20H21N5O2S/c1-4-14(13(3)26)17(5-2)27-18-15(8-6-9-21-18)16-12-28-20(24-16)25-19-22-10-7-11-23-19/h4-6,8-9,12H,1-2,7,10-11H2,3H3,(H2,22,23,24,25)/b17-14-. The van der Waals surface area contributed by atoms with Crippen LogP contribution in [-0.2, 0) is 4.79 Å². The highest BCUT2D eigenvalue weighted by atomic mass is 32.1. The van der Waals surface area contributed by atoms with Crippen LogP contribution in [0.3, 0.4) is 0 Å². The Morgan fingerprint density at radius 3 is 2.93 bits per heavy atom. The Morgan fingerprint density at radius 2 is 2.25 bits per heavy atom. The molecule has 2 aromatic rings. The van der Waals surface area contributed by atoms with Gasteiger partial charge in [-0.15, -0.1) is 11.3 Å². The van der Waals surface area contributed by atoms with Gasteiger partial charge in [-0.05, 0) is 31.6 Å². The molecule has 0 atom stereocenters. The molecule has 0 aromatic carbocycles. The van der Waals surface area contributed by atoms with Crippen LogP contribution in [0.25, 0.3) is 11.3 Å². The number of hydrogen-bond acceptors (Lipinski definition) is 8. The number of Topliss-reactive ketones (excluding diaryl/α,β-unsaturated/α-hetero) is 1. The number of nitrogens with zero attached hydrogens (tertiary/aromatic N) is 3. The van der Waals surface area contributed by atoms with E-state index in [1.165, 1.54) is 30.4 Å². The predicted molar refractivity (Wildman–Crippen MR) is 113 cm³/mol. The maximum atomic E-state index is 11.8. The molecule has 2 aromatic heterocycles. The van der Waals surface area contributed by atoms with Crippen LogP contribution in [0.2, 0.25) is 0 Å². The number of pyridine rings is 1. The van der Waals surface area contributed by atoms with E-state index in [-0.39, 0.29) is 5.78 Å². The fourth-order valence-corrected chi connectivity index (χ4v) is 3.28. The minimum Gasteiger partial charge on any atom is -0.438 e. The zero-order chi connectivity index (χ0) is 19.9. The monoisotopic (exact) mass is 395 g/mol. The molecule has 0 radical (unpaired) electrons. The van der Waals surface area contributed by atoms with Crippen molar-refractivity contribution < 1.29 is 9.53 Å². The van der Waals surface area contributed by atoms with Gasteiger partial charge < -0.3 is 15.4 Å². The molecule has 8 heteroatoms. The first-order chi connectivity index (χ1) is 13.6. The van der Waals surface area contributed by atoms with Crippen molar-refractivity contribution in [2.45, 2.75) is 13.3 Å². The number of carbonyl (C=O) groups is 1. The summed E-state index contributed by atoms with van der Waals surface area (Å²) >= 11 is 1.46. The van der Waals surface area contributed by atoms with Crippen LogP contribution in [0.1, 0.15) is 13.3 Å². The molecule has 1 aliphatic rings. The largest absolute Gasteiger partial charge is 0.438 e. The molecule has 3 rings (SSSR count). The second-order valence-electron chi connectivity index (χ2n) is 5.87. The van der Waals surface area contributed by atoms with Crippen molar-refractivity contribution in [3.63, 3.8) is 0 Å². The lowest BCUT2D eigenvalue weighted by Gasteiger charge is -2.14. The molecule has 0 aliphatic carbocycles. The van der Waals surface area contributed by atoms with Crippen LogP contribution >= 0.6 is 11.3 Å². The second-order valence-corrected chi connectivity index (χ2v) is 6.73. The van der Waals surface area contributed by atoms with Gasteiger partial charge >= 0.3 is 0 Å². The molecule has 0 saturated carbocycles. The first-order valence-corrected chi connectivity index (χ1v) is 9.64. The summed E-state index contributed by atoms with van der Waals surface area (Å²) in [7, 11) is 0. The van der Waals surface area contributed by atoms with Gasteiger partial charge in [0, 0.05) is 24.7 Å². The lowest BCUT2D eigenvalue weighted by Crippen LogP contribution is -2.35. The number of thiazole rings is 1. The quantitative estimate of drug-likeness (QED) is 0.423. The molecule has 0 saturated heterocycles. The topological polar surface area (TPSA) is 88.5 Å². The van der Waals surface area contributed by atoms with Crippen LogP contribution in [0, 0.1) is 0 Å². The van der Waals surface area contributed by atoms with Gasteiger partial charge in [0.2, 0.25) is 5.88 Å². The Bertz CT molecular complexity index is 961. The lowest BCUT2D eigenvalue weighted by molar-refractivity contribution is -0.113. The summed E-state index contributed by atoms with van der Waals surface area (Å²) in [6, 6.07) is 3.66. The van der Waals surface area contributed by atoms with Gasteiger partial charge in [-0.3, -0.25) is 9.79 Å². The highest BCUT2D eigenvalue weighted by molar-refractivity contribution is 7.14. The Kier molecular flexibility index (Phi) is 6.33. The van der Waals surface area contributed by atoms with Gasteiger partial charge in [0.05, 0.1) is 16.8 Å². The normalized spacial score (nSPS) is 14.2. The molecule has 0 fully saturated rings. The van der Waals surface area contributed by atoms with Crippen LogP contribution in [0.5, 0.6) is 5.88 Å². The van der Waals surface area contributed by atoms with Crippen molar-refractivity contribution in [2.24, 2.45) is 4.99 Å². The summed E-state index contributed by atoms with van der Waals surface area (Å²) in [5.74, 6) is 1.20. The second kappa shape index (κ2) is 9.09. The van der Waals surface area contributed by atoms with E-state index in [0.29, 0.717) is 33.6 Å². The number of ether oxygens (including phenoxy) is 1. The summed E-state index contributed by atoms with van der Waals surface area (Å²) in [6.07, 6.45) is 5.56. The van der Waals surface area contributed by atoms with Crippen molar-refractivity contribution in [3.05, 3.63) is 60.4 Å². The average Bonchev–Trinajstić information content (AvgIpc) is 3.17. The maximum Gasteiger partial charge on any atom is 0.228 e. The van der Waals surface area contributed by atoms with E-state index in [9.17, 15) is 4.79 Å². The molecule has 0 bridgehead atoms. The maximum absolute atomic E-state index is 11.8. The molecule has 0 spiro atoms. The highest BCUT2D eigenvalue weighted by Crippen LogP contribution is 2.32. The Hall–Kier alpha value is -3.26. The van der Waals surface area contributed by atoms with Gasteiger partial charge in [0.15, 0.2) is 16.9 Å². The minimum absolute atomic E-state index is 0.164. The number of hydrogen-bond donors (Lipinski definition) is 2. The van der Waals surface area contributed by atoms with Crippen LogP contribution < -0.4 is 15.4 Å². The van der Waals surface area contributed by atoms with Crippen molar-refractivity contribution in [1.82, 2.24) is 15.3 Å². The Morgan fingerprint density at radius 1 is 1.39 bits per heavy atom.